The first-order valence-corrected chi connectivity index (χ1v) is 4.29. The highest BCUT2D eigenvalue weighted by Gasteiger charge is 2.20. The van der Waals surface area contributed by atoms with E-state index in [1.807, 2.05) is 0 Å². The summed E-state index contributed by atoms with van der Waals surface area (Å²) < 4.78 is 5.44. The Morgan fingerprint density at radius 2 is 2.36 bits per heavy atom. The van der Waals surface area contributed by atoms with Crippen LogP contribution in [0.25, 0.3) is 0 Å². The van der Waals surface area contributed by atoms with Gasteiger partial charge in [0.15, 0.2) is 0 Å². The van der Waals surface area contributed by atoms with Gasteiger partial charge in [0, 0.05) is 13.0 Å². The van der Waals surface area contributed by atoms with Crippen molar-refractivity contribution in [2.45, 2.75) is 39.2 Å². The molecule has 0 N–H and O–H groups in total. The Hall–Kier alpha value is -0.370. The summed E-state index contributed by atoms with van der Waals surface area (Å²) in [6.07, 6.45) is 3.01. The molecule has 1 saturated heterocycles. The Morgan fingerprint density at radius 1 is 1.64 bits per heavy atom. The van der Waals surface area contributed by atoms with E-state index in [-0.39, 0.29) is 11.9 Å². The molecule has 1 aliphatic heterocycles. The van der Waals surface area contributed by atoms with E-state index in [0.29, 0.717) is 6.42 Å². The molecule has 0 radical (unpaired) electrons. The van der Waals surface area contributed by atoms with Crippen LogP contribution in [-0.2, 0) is 9.53 Å². The number of ketones is 1. The molecule has 0 spiro atoms. The molecule has 1 rings (SSSR count). The molecule has 0 aromatic rings. The van der Waals surface area contributed by atoms with Crippen molar-refractivity contribution in [3.05, 3.63) is 0 Å². The summed E-state index contributed by atoms with van der Waals surface area (Å²) in [5.41, 5.74) is 0. The van der Waals surface area contributed by atoms with Crippen LogP contribution in [0.2, 0.25) is 0 Å². The lowest BCUT2D eigenvalue weighted by Gasteiger charge is -2.26. The molecular formula is C9H16O2. The lowest BCUT2D eigenvalue weighted by atomic mass is 9.95. The van der Waals surface area contributed by atoms with Crippen molar-refractivity contribution in [2.75, 3.05) is 6.61 Å². The molecule has 1 fully saturated rings. The Balaban J connectivity index is 2.28. The average Bonchev–Trinajstić information content (AvgIpc) is 1.85. The molecular weight excluding hydrogens is 140 g/mol. The van der Waals surface area contributed by atoms with Crippen LogP contribution >= 0.6 is 0 Å². The highest BCUT2D eigenvalue weighted by molar-refractivity contribution is 5.75. The minimum absolute atomic E-state index is 0.205. The molecule has 0 saturated carbocycles. The van der Waals surface area contributed by atoms with Crippen molar-refractivity contribution < 1.29 is 9.53 Å². The zero-order valence-electron chi connectivity index (χ0n) is 7.30. The van der Waals surface area contributed by atoms with Crippen molar-refractivity contribution in [3.8, 4) is 0 Å². The minimum Gasteiger partial charge on any atom is -0.378 e. The molecule has 1 heterocycles. The van der Waals surface area contributed by atoms with E-state index in [2.05, 4.69) is 6.92 Å². The van der Waals surface area contributed by atoms with Gasteiger partial charge in [-0.05, 0) is 25.7 Å². The van der Waals surface area contributed by atoms with Gasteiger partial charge in [-0.25, -0.2) is 0 Å². The smallest absolute Gasteiger partial charge is 0.132 e. The second-order valence-electron chi connectivity index (χ2n) is 3.53. The monoisotopic (exact) mass is 156 g/mol. The van der Waals surface area contributed by atoms with Gasteiger partial charge in [-0.3, -0.25) is 4.79 Å². The Kier molecular flexibility index (Phi) is 3.06. The summed E-state index contributed by atoms with van der Waals surface area (Å²) in [7, 11) is 0. The first-order chi connectivity index (χ1) is 5.18. The highest BCUT2D eigenvalue weighted by atomic mass is 16.5. The predicted octanol–water partition coefficient (Wildman–Crippen LogP) is 1.78. The normalized spacial score (nSPS) is 31.8. The Bertz CT molecular complexity index is 142. The molecule has 0 aromatic carbocycles. The molecule has 0 amide bonds. The second-order valence-corrected chi connectivity index (χ2v) is 3.53. The Labute approximate surface area is 67.9 Å². The predicted molar refractivity (Wildman–Crippen MR) is 43.4 cm³/mol. The number of Topliss-reactive ketones (excluding diaryl/α,β-unsaturated/α-hetero) is 1. The maximum Gasteiger partial charge on any atom is 0.132 e. The van der Waals surface area contributed by atoms with Gasteiger partial charge in [0.1, 0.15) is 5.78 Å². The van der Waals surface area contributed by atoms with Crippen molar-refractivity contribution in [1.82, 2.24) is 0 Å². The second kappa shape index (κ2) is 3.86. The van der Waals surface area contributed by atoms with E-state index in [1.54, 1.807) is 6.92 Å². The fourth-order valence-electron chi connectivity index (χ4n) is 1.53. The summed E-state index contributed by atoms with van der Waals surface area (Å²) in [6, 6.07) is 0. The first-order valence-electron chi connectivity index (χ1n) is 4.29. The zero-order valence-corrected chi connectivity index (χ0v) is 7.30. The third-order valence-electron chi connectivity index (χ3n) is 2.14. The molecule has 0 unspecified atom stereocenters. The van der Waals surface area contributed by atoms with Crippen LogP contribution in [-0.4, -0.2) is 18.5 Å². The fourth-order valence-corrected chi connectivity index (χ4v) is 1.53. The first kappa shape index (κ1) is 8.72. The van der Waals surface area contributed by atoms with Gasteiger partial charge in [-0.2, -0.15) is 0 Å². The van der Waals surface area contributed by atoms with Crippen molar-refractivity contribution in [3.63, 3.8) is 0 Å². The maximum absolute atomic E-state index is 10.7. The molecule has 0 aromatic heterocycles. The number of carbonyl (C=O) groups is 1. The third kappa shape index (κ3) is 3.02. The summed E-state index contributed by atoms with van der Waals surface area (Å²) in [5, 5.41) is 0. The molecule has 64 valence electrons. The third-order valence-corrected chi connectivity index (χ3v) is 2.14. The van der Waals surface area contributed by atoms with Gasteiger partial charge in [0.2, 0.25) is 0 Å². The standard InChI is InChI=1S/C9H16O2/c1-7-3-4-11-9(5-7)6-8(2)10/h7,9H,3-6H2,1-2H3/t7-,9-/m1/s1. The van der Waals surface area contributed by atoms with Crippen molar-refractivity contribution in [1.29, 1.82) is 0 Å². The number of ether oxygens (including phenoxy) is 1. The summed E-state index contributed by atoms with van der Waals surface area (Å²) in [6.45, 7) is 4.68. The van der Waals surface area contributed by atoms with Gasteiger partial charge in [-0.1, -0.05) is 6.92 Å². The quantitative estimate of drug-likeness (QED) is 0.609. The molecule has 2 nitrogen and oxygen atoms in total. The molecule has 0 bridgehead atoms. The van der Waals surface area contributed by atoms with Crippen LogP contribution in [0, 0.1) is 5.92 Å². The summed E-state index contributed by atoms with van der Waals surface area (Å²) in [4.78, 5) is 10.7. The number of hydrogen-bond acceptors (Lipinski definition) is 2. The van der Waals surface area contributed by atoms with Crippen molar-refractivity contribution >= 4 is 5.78 Å². The van der Waals surface area contributed by atoms with Gasteiger partial charge in [0.25, 0.3) is 0 Å². The minimum atomic E-state index is 0.205. The van der Waals surface area contributed by atoms with Gasteiger partial charge >= 0.3 is 0 Å². The molecule has 2 heteroatoms. The molecule has 0 aliphatic carbocycles. The number of carbonyl (C=O) groups excluding carboxylic acids is 1. The molecule has 2 atom stereocenters. The number of rotatable bonds is 2. The van der Waals surface area contributed by atoms with E-state index in [4.69, 9.17) is 4.74 Å². The van der Waals surface area contributed by atoms with Crippen LogP contribution in [0.5, 0.6) is 0 Å². The van der Waals surface area contributed by atoms with Gasteiger partial charge in [0.05, 0.1) is 6.10 Å². The van der Waals surface area contributed by atoms with E-state index in [1.165, 1.54) is 0 Å². The molecule has 1 aliphatic rings. The SMILES string of the molecule is CC(=O)C[C@H]1C[C@H](C)CCO1. The Morgan fingerprint density at radius 3 is 2.91 bits per heavy atom. The molecule has 11 heavy (non-hydrogen) atoms. The number of hydrogen-bond donors (Lipinski definition) is 0. The van der Waals surface area contributed by atoms with E-state index < -0.39 is 0 Å². The maximum atomic E-state index is 10.7. The average molecular weight is 156 g/mol. The zero-order chi connectivity index (χ0) is 8.27. The lowest BCUT2D eigenvalue weighted by molar-refractivity contribution is -0.121. The largest absolute Gasteiger partial charge is 0.378 e. The van der Waals surface area contributed by atoms with Crippen LogP contribution in [0.1, 0.15) is 33.1 Å². The van der Waals surface area contributed by atoms with Crippen LogP contribution in [0.3, 0.4) is 0 Å². The highest BCUT2D eigenvalue weighted by Crippen LogP contribution is 2.21. The van der Waals surface area contributed by atoms with Crippen molar-refractivity contribution in [2.24, 2.45) is 5.92 Å². The fraction of sp³-hybridized carbons (Fsp3) is 0.889. The van der Waals surface area contributed by atoms with Gasteiger partial charge in [-0.15, -0.1) is 0 Å². The van der Waals surface area contributed by atoms with E-state index >= 15 is 0 Å². The summed E-state index contributed by atoms with van der Waals surface area (Å²) >= 11 is 0. The van der Waals surface area contributed by atoms with E-state index in [0.717, 1.165) is 25.4 Å². The van der Waals surface area contributed by atoms with Crippen LogP contribution < -0.4 is 0 Å². The van der Waals surface area contributed by atoms with E-state index in [9.17, 15) is 4.79 Å². The summed E-state index contributed by atoms with van der Waals surface area (Å²) in [5.74, 6) is 0.970. The topological polar surface area (TPSA) is 26.3 Å². The lowest BCUT2D eigenvalue weighted by Crippen LogP contribution is -2.25. The van der Waals surface area contributed by atoms with Crippen LogP contribution in [0.4, 0.5) is 0 Å². The van der Waals surface area contributed by atoms with Gasteiger partial charge < -0.3 is 4.74 Å². The van der Waals surface area contributed by atoms with Crippen LogP contribution in [0.15, 0.2) is 0 Å².